The average molecular weight is 353 g/mol. The number of carbonyl (C=O) groups excluding carboxylic acids is 1. The van der Waals surface area contributed by atoms with E-state index in [1.54, 1.807) is 12.1 Å². The molecule has 0 bridgehead atoms. The molecule has 1 heterocycles. The number of sulfone groups is 1. The molecule has 2 rings (SSSR count). The van der Waals surface area contributed by atoms with E-state index in [9.17, 15) is 13.2 Å². The number of nitrogens with zero attached hydrogens (tertiary/aromatic N) is 2. The van der Waals surface area contributed by atoms with Crippen LogP contribution in [0.25, 0.3) is 0 Å². The number of piperazine rings is 1. The van der Waals surface area contributed by atoms with Gasteiger partial charge in [-0.1, -0.05) is 13.0 Å². The lowest BCUT2D eigenvalue weighted by atomic mass is 10.2. The highest BCUT2D eigenvalue weighted by molar-refractivity contribution is 7.90. The highest BCUT2D eigenvalue weighted by Crippen LogP contribution is 2.11. The van der Waals surface area contributed by atoms with Gasteiger partial charge in [0, 0.05) is 44.5 Å². The van der Waals surface area contributed by atoms with E-state index >= 15 is 0 Å². The Bertz CT molecular complexity index is 653. The highest BCUT2D eigenvalue weighted by Gasteiger charge is 2.15. The van der Waals surface area contributed by atoms with Gasteiger partial charge >= 0.3 is 0 Å². The zero-order valence-corrected chi connectivity index (χ0v) is 15.3. The van der Waals surface area contributed by atoms with Gasteiger partial charge in [0.1, 0.15) is 0 Å². The van der Waals surface area contributed by atoms with Crippen molar-refractivity contribution in [3.05, 3.63) is 29.8 Å². The highest BCUT2D eigenvalue weighted by atomic mass is 32.2. The topological polar surface area (TPSA) is 69.7 Å². The Morgan fingerprint density at radius 2 is 1.83 bits per heavy atom. The molecule has 6 nitrogen and oxygen atoms in total. The largest absolute Gasteiger partial charge is 0.352 e. The Balaban J connectivity index is 1.74. The summed E-state index contributed by atoms with van der Waals surface area (Å²) in [6.45, 7) is 9.25. The lowest BCUT2D eigenvalue weighted by Crippen LogP contribution is -2.46. The molecule has 0 aromatic heterocycles. The van der Waals surface area contributed by atoms with Crippen molar-refractivity contribution in [3.63, 3.8) is 0 Å². The SMILES string of the molecule is CCN1CCN(CCCNC(=O)c2cccc(S(C)(=O)=O)c2)CC1. The summed E-state index contributed by atoms with van der Waals surface area (Å²) in [5.41, 5.74) is 0.384. The van der Waals surface area contributed by atoms with Gasteiger partial charge in [-0.2, -0.15) is 0 Å². The molecule has 1 fully saturated rings. The van der Waals surface area contributed by atoms with Crippen LogP contribution >= 0.6 is 0 Å². The Morgan fingerprint density at radius 3 is 2.46 bits per heavy atom. The van der Waals surface area contributed by atoms with Crippen molar-refractivity contribution in [2.24, 2.45) is 0 Å². The summed E-state index contributed by atoms with van der Waals surface area (Å²) >= 11 is 0. The van der Waals surface area contributed by atoms with Crippen LogP contribution in [-0.2, 0) is 9.84 Å². The van der Waals surface area contributed by atoms with Crippen molar-refractivity contribution >= 4 is 15.7 Å². The van der Waals surface area contributed by atoms with E-state index in [-0.39, 0.29) is 10.8 Å². The van der Waals surface area contributed by atoms with Crippen molar-refractivity contribution in [3.8, 4) is 0 Å². The Labute approximate surface area is 144 Å². The maximum Gasteiger partial charge on any atom is 0.251 e. The first-order chi connectivity index (χ1) is 11.4. The molecular weight excluding hydrogens is 326 g/mol. The molecule has 0 saturated carbocycles. The van der Waals surface area contributed by atoms with E-state index in [1.165, 1.54) is 12.1 Å². The fraction of sp³-hybridized carbons (Fsp3) is 0.588. The predicted molar refractivity (Wildman–Crippen MR) is 95.1 cm³/mol. The molecule has 1 amide bonds. The lowest BCUT2D eigenvalue weighted by Gasteiger charge is -2.33. The molecule has 0 aliphatic carbocycles. The number of rotatable bonds is 7. The molecular formula is C17H27N3O3S. The van der Waals surface area contributed by atoms with E-state index in [4.69, 9.17) is 0 Å². The third kappa shape index (κ3) is 5.58. The molecule has 0 atom stereocenters. The van der Waals surface area contributed by atoms with Crippen LogP contribution in [-0.4, -0.2) is 76.2 Å². The smallest absolute Gasteiger partial charge is 0.251 e. The summed E-state index contributed by atoms with van der Waals surface area (Å²) in [5.74, 6) is -0.226. The number of hydrogen-bond acceptors (Lipinski definition) is 5. The number of amides is 1. The van der Waals surface area contributed by atoms with E-state index in [0.717, 1.165) is 51.9 Å². The van der Waals surface area contributed by atoms with Gasteiger partial charge in [0.25, 0.3) is 5.91 Å². The molecule has 1 aromatic carbocycles. The molecule has 0 unspecified atom stereocenters. The number of nitrogens with one attached hydrogen (secondary N) is 1. The number of carbonyl (C=O) groups is 1. The maximum absolute atomic E-state index is 12.1. The van der Waals surface area contributed by atoms with Crippen LogP contribution in [0, 0.1) is 0 Å². The molecule has 0 radical (unpaired) electrons. The first kappa shape index (κ1) is 18.9. The average Bonchev–Trinajstić information content (AvgIpc) is 2.58. The van der Waals surface area contributed by atoms with Crippen molar-refractivity contribution in [1.29, 1.82) is 0 Å². The van der Waals surface area contributed by atoms with Gasteiger partial charge in [-0.15, -0.1) is 0 Å². The first-order valence-electron chi connectivity index (χ1n) is 8.43. The summed E-state index contributed by atoms with van der Waals surface area (Å²) in [6, 6.07) is 6.16. The van der Waals surface area contributed by atoms with Gasteiger partial charge in [0.15, 0.2) is 9.84 Å². The zero-order chi connectivity index (χ0) is 17.6. The molecule has 7 heteroatoms. The summed E-state index contributed by atoms with van der Waals surface area (Å²) in [7, 11) is -3.30. The fourth-order valence-electron chi connectivity index (χ4n) is 2.80. The van der Waals surface area contributed by atoms with Crippen LogP contribution in [0.15, 0.2) is 29.2 Å². The zero-order valence-electron chi connectivity index (χ0n) is 14.5. The van der Waals surface area contributed by atoms with Crippen molar-refractivity contribution in [2.75, 3.05) is 52.1 Å². The second kappa shape index (κ2) is 8.60. The number of hydrogen-bond donors (Lipinski definition) is 1. The van der Waals surface area contributed by atoms with Gasteiger partial charge in [0.2, 0.25) is 0 Å². The third-order valence-electron chi connectivity index (χ3n) is 4.37. The second-order valence-electron chi connectivity index (χ2n) is 6.19. The normalized spacial score (nSPS) is 16.9. The number of likely N-dealkylation sites (N-methyl/N-ethyl adjacent to an activating group) is 1. The second-order valence-corrected chi connectivity index (χ2v) is 8.20. The van der Waals surface area contributed by atoms with Gasteiger partial charge in [-0.25, -0.2) is 8.42 Å². The van der Waals surface area contributed by atoms with Crippen LogP contribution in [0.3, 0.4) is 0 Å². The van der Waals surface area contributed by atoms with Crippen molar-refractivity contribution in [1.82, 2.24) is 15.1 Å². The molecule has 134 valence electrons. The predicted octanol–water partition coefficient (Wildman–Crippen LogP) is 0.847. The monoisotopic (exact) mass is 353 g/mol. The standard InChI is InChI=1S/C17H27N3O3S/c1-3-19-10-12-20(13-11-19)9-5-8-18-17(21)15-6-4-7-16(14-15)24(2,22)23/h4,6-7,14H,3,5,8-13H2,1-2H3,(H,18,21). The Morgan fingerprint density at radius 1 is 1.17 bits per heavy atom. The van der Waals surface area contributed by atoms with E-state index in [2.05, 4.69) is 22.0 Å². The minimum Gasteiger partial charge on any atom is -0.352 e. The van der Waals surface area contributed by atoms with Gasteiger partial charge in [0.05, 0.1) is 4.90 Å². The van der Waals surface area contributed by atoms with Crippen LogP contribution < -0.4 is 5.32 Å². The van der Waals surface area contributed by atoms with E-state index in [0.29, 0.717) is 12.1 Å². The summed E-state index contributed by atoms with van der Waals surface area (Å²) in [4.78, 5) is 17.2. The molecule has 1 aromatic rings. The van der Waals surface area contributed by atoms with E-state index < -0.39 is 9.84 Å². The quantitative estimate of drug-likeness (QED) is 0.736. The number of benzene rings is 1. The van der Waals surface area contributed by atoms with Crippen molar-refractivity contribution < 1.29 is 13.2 Å². The van der Waals surface area contributed by atoms with E-state index in [1.807, 2.05) is 0 Å². The molecule has 1 aliphatic heterocycles. The lowest BCUT2D eigenvalue weighted by molar-refractivity contribution is 0.0948. The van der Waals surface area contributed by atoms with Crippen molar-refractivity contribution in [2.45, 2.75) is 18.2 Å². The Kier molecular flexibility index (Phi) is 6.77. The summed E-state index contributed by atoms with van der Waals surface area (Å²) in [5, 5.41) is 2.87. The molecule has 1 N–H and O–H groups in total. The summed E-state index contributed by atoms with van der Waals surface area (Å²) in [6.07, 6.45) is 2.03. The minimum absolute atomic E-state index is 0.170. The molecule has 0 spiro atoms. The molecule has 1 saturated heterocycles. The molecule has 24 heavy (non-hydrogen) atoms. The van der Waals surface area contributed by atoms with Crippen LogP contribution in [0.2, 0.25) is 0 Å². The van der Waals surface area contributed by atoms with Gasteiger partial charge < -0.3 is 15.1 Å². The molecule has 1 aliphatic rings. The Hall–Kier alpha value is -1.44. The maximum atomic E-state index is 12.1. The van der Waals surface area contributed by atoms with Crippen LogP contribution in [0.4, 0.5) is 0 Å². The third-order valence-corrected chi connectivity index (χ3v) is 5.48. The summed E-state index contributed by atoms with van der Waals surface area (Å²) < 4.78 is 23.1. The van der Waals surface area contributed by atoms with Gasteiger partial charge in [-0.05, 0) is 37.7 Å². The fourth-order valence-corrected chi connectivity index (χ4v) is 3.47. The first-order valence-corrected chi connectivity index (χ1v) is 10.3. The van der Waals surface area contributed by atoms with Crippen LogP contribution in [0.5, 0.6) is 0 Å². The van der Waals surface area contributed by atoms with Gasteiger partial charge in [-0.3, -0.25) is 4.79 Å². The minimum atomic E-state index is -3.30. The van der Waals surface area contributed by atoms with Crippen LogP contribution in [0.1, 0.15) is 23.7 Å².